The Labute approximate surface area is 181 Å². The molecule has 2 aromatic carbocycles. The van der Waals surface area contributed by atoms with E-state index in [2.05, 4.69) is 0 Å². The lowest BCUT2D eigenvalue weighted by Crippen LogP contribution is -2.21. The third-order valence-electron chi connectivity index (χ3n) is 5.82. The zero-order valence-corrected chi connectivity index (χ0v) is 18.6. The molecule has 1 heterocycles. The van der Waals surface area contributed by atoms with Crippen LogP contribution in [-0.2, 0) is 4.79 Å². The molecule has 1 aromatic heterocycles. The molecule has 6 heteroatoms. The topological polar surface area (TPSA) is 51.5 Å². The fourth-order valence-electron chi connectivity index (χ4n) is 3.96. The van der Waals surface area contributed by atoms with Crippen molar-refractivity contribution in [1.29, 1.82) is 0 Å². The lowest BCUT2D eigenvalue weighted by atomic mass is 9.84. The second-order valence-electron chi connectivity index (χ2n) is 7.71. The van der Waals surface area contributed by atoms with Gasteiger partial charge >= 0.3 is 5.97 Å². The molecule has 1 unspecified atom stereocenters. The standard InChI is InChI=1S/C24H26FNO3S/c1-6-14(3)21(24(27)28)22-15(4)26(23(30)16-9-7-13(2)8-10-16)19-12-18(25)20(29-5)11-17(19)22/h7-12,14,21H,6H2,1-5H3,(H,27,28)/t14?,21-/m1/s1. The van der Waals surface area contributed by atoms with Crippen LogP contribution in [0.1, 0.15) is 48.6 Å². The molecule has 158 valence electrons. The van der Waals surface area contributed by atoms with E-state index in [0.29, 0.717) is 33.6 Å². The first-order chi connectivity index (χ1) is 14.2. The summed E-state index contributed by atoms with van der Waals surface area (Å²) in [4.78, 5) is 12.8. The number of thiocarbonyl (C=S) groups is 1. The van der Waals surface area contributed by atoms with Gasteiger partial charge in [-0.05, 0) is 31.4 Å². The first-order valence-electron chi connectivity index (χ1n) is 9.93. The SMILES string of the molecule is CCC(C)[C@@H](C(=O)O)c1c(C)n(C(=S)c2ccc(C)cc2)c2cc(F)c(OC)cc12. The Bertz CT molecular complexity index is 1120. The van der Waals surface area contributed by atoms with E-state index in [-0.39, 0.29) is 11.7 Å². The van der Waals surface area contributed by atoms with E-state index in [0.717, 1.165) is 11.1 Å². The van der Waals surface area contributed by atoms with E-state index in [4.69, 9.17) is 17.0 Å². The first-order valence-corrected chi connectivity index (χ1v) is 10.3. The Morgan fingerprint density at radius 2 is 1.87 bits per heavy atom. The predicted octanol–water partition coefficient (Wildman–Crippen LogP) is 5.84. The summed E-state index contributed by atoms with van der Waals surface area (Å²) in [5.74, 6) is -2.19. The molecule has 0 radical (unpaired) electrons. The van der Waals surface area contributed by atoms with Crippen LogP contribution in [0, 0.1) is 25.6 Å². The highest BCUT2D eigenvalue weighted by Gasteiger charge is 2.32. The molecule has 30 heavy (non-hydrogen) atoms. The van der Waals surface area contributed by atoms with E-state index in [1.165, 1.54) is 13.2 Å². The van der Waals surface area contributed by atoms with Crippen molar-refractivity contribution in [2.45, 2.75) is 40.0 Å². The molecule has 2 atom stereocenters. The number of halogens is 1. The molecule has 0 saturated carbocycles. The molecule has 0 fully saturated rings. The first kappa shape index (κ1) is 22.0. The number of benzene rings is 2. The summed E-state index contributed by atoms with van der Waals surface area (Å²) in [5.41, 5.74) is 3.82. The highest BCUT2D eigenvalue weighted by atomic mass is 32.1. The minimum Gasteiger partial charge on any atom is -0.494 e. The van der Waals surface area contributed by atoms with Crippen LogP contribution >= 0.6 is 12.2 Å². The second-order valence-corrected chi connectivity index (χ2v) is 8.10. The monoisotopic (exact) mass is 427 g/mol. The number of hydrogen-bond donors (Lipinski definition) is 1. The van der Waals surface area contributed by atoms with Gasteiger partial charge in [-0.25, -0.2) is 4.39 Å². The molecule has 3 rings (SSSR count). The quantitative estimate of drug-likeness (QED) is 0.502. The van der Waals surface area contributed by atoms with Gasteiger partial charge in [0.25, 0.3) is 0 Å². The van der Waals surface area contributed by atoms with Crippen LogP contribution in [0.15, 0.2) is 36.4 Å². The number of carboxylic acids is 1. The molecule has 0 aliphatic heterocycles. The minimum absolute atomic E-state index is 0.0791. The molecular formula is C24H26FNO3S. The fourth-order valence-corrected chi connectivity index (χ4v) is 4.33. The number of aliphatic carboxylic acids is 1. The van der Waals surface area contributed by atoms with Crippen LogP contribution in [0.3, 0.4) is 0 Å². The van der Waals surface area contributed by atoms with Gasteiger partial charge < -0.3 is 14.4 Å². The van der Waals surface area contributed by atoms with Gasteiger partial charge in [-0.2, -0.15) is 0 Å². The van der Waals surface area contributed by atoms with Crippen molar-refractivity contribution in [2.75, 3.05) is 7.11 Å². The Hall–Kier alpha value is -2.73. The molecule has 0 amide bonds. The Balaban J connectivity index is 2.36. The van der Waals surface area contributed by atoms with Crippen molar-refractivity contribution in [2.24, 2.45) is 5.92 Å². The number of aryl methyl sites for hydroxylation is 1. The van der Waals surface area contributed by atoms with Crippen molar-refractivity contribution in [1.82, 2.24) is 4.57 Å². The summed E-state index contributed by atoms with van der Waals surface area (Å²) in [6.45, 7) is 7.72. The van der Waals surface area contributed by atoms with E-state index < -0.39 is 17.7 Å². The van der Waals surface area contributed by atoms with Crippen molar-refractivity contribution < 1.29 is 19.0 Å². The van der Waals surface area contributed by atoms with E-state index >= 15 is 0 Å². The van der Waals surface area contributed by atoms with Gasteiger partial charge in [0.1, 0.15) is 4.99 Å². The van der Waals surface area contributed by atoms with Crippen LogP contribution in [0.4, 0.5) is 4.39 Å². The van der Waals surface area contributed by atoms with Crippen LogP contribution < -0.4 is 4.74 Å². The fraction of sp³-hybridized carbons (Fsp3) is 0.333. The number of carbonyl (C=O) groups is 1. The van der Waals surface area contributed by atoms with E-state index in [1.54, 1.807) is 10.6 Å². The molecule has 0 spiro atoms. The molecule has 0 aliphatic carbocycles. The second kappa shape index (κ2) is 8.56. The lowest BCUT2D eigenvalue weighted by molar-refractivity contribution is -0.140. The highest BCUT2D eigenvalue weighted by Crippen LogP contribution is 2.39. The third kappa shape index (κ3) is 3.72. The third-order valence-corrected chi connectivity index (χ3v) is 6.24. The van der Waals surface area contributed by atoms with Gasteiger partial charge in [0.2, 0.25) is 0 Å². The average molecular weight is 428 g/mol. The minimum atomic E-state index is -0.906. The molecule has 0 saturated heterocycles. The molecule has 1 N–H and O–H groups in total. The summed E-state index contributed by atoms with van der Waals surface area (Å²) < 4.78 is 21.6. The predicted molar refractivity (Wildman–Crippen MR) is 121 cm³/mol. The number of hydrogen-bond acceptors (Lipinski definition) is 3. The molecule has 4 nitrogen and oxygen atoms in total. The number of aromatic nitrogens is 1. The maximum absolute atomic E-state index is 14.6. The number of carboxylic acid groups (broad SMARTS) is 1. The molecule has 3 aromatic rings. The number of methoxy groups -OCH3 is 1. The van der Waals surface area contributed by atoms with Crippen molar-refractivity contribution in [3.05, 3.63) is 64.6 Å². The number of ether oxygens (including phenoxy) is 1. The van der Waals surface area contributed by atoms with Crippen LogP contribution in [0.5, 0.6) is 5.75 Å². The van der Waals surface area contributed by atoms with Gasteiger partial charge in [0, 0.05) is 22.7 Å². The van der Waals surface area contributed by atoms with Crippen molar-refractivity contribution in [3.8, 4) is 5.75 Å². The number of rotatable bonds is 6. The highest BCUT2D eigenvalue weighted by molar-refractivity contribution is 7.80. The largest absolute Gasteiger partial charge is 0.494 e. The maximum atomic E-state index is 14.6. The summed E-state index contributed by atoms with van der Waals surface area (Å²) in [6.07, 6.45) is 0.698. The van der Waals surface area contributed by atoms with Gasteiger partial charge in [0.05, 0.1) is 18.5 Å². The average Bonchev–Trinajstić information content (AvgIpc) is 2.98. The van der Waals surface area contributed by atoms with Crippen LogP contribution in [-0.4, -0.2) is 27.7 Å². The van der Waals surface area contributed by atoms with Gasteiger partial charge in [-0.3, -0.25) is 4.79 Å². The molecule has 0 bridgehead atoms. The summed E-state index contributed by atoms with van der Waals surface area (Å²) in [7, 11) is 1.40. The van der Waals surface area contributed by atoms with E-state index in [9.17, 15) is 14.3 Å². The Morgan fingerprint density at radius 3 is 2.40 bits per heavy atom. The normalized spacial score (nSPS) is 13.3. The summed E-state index contributed by atoms with van der Waals surface area (Å²) in [6, 6.07) is 10.7. The van der Waals surface area contributed by atoms with Crippen LogP contribution in [0.2, 0.25) is 0 Å². The summed E-state index contributed by atoms with van der Waals surface area (Å²) >= 11 is 5.77. The maximum Gasteiger partial charge on any atom is 0.311 e. The molecular weight excluding hydrogens is 401 g/mol. The van der Waals surface area contributed by atoms with Gasteiger partial charge in [-0.15, -0.1) is 0 Å². The van der Waals surface area contributed by atoms with E-state index in [1.807, 2.05) is 52.0 Å². The summed E-state index contributed by atoms with van der Waals surface area (Å²) in [5, 5.41) is 10.7. The zero-order chi connectivity index (χ0) is 22.2. The van der Waals surface area contributed by atoms with Crippen molar-refractivity contribution >= 4 is 34.1 Å². The van der Waals surface area contributed by atoms with Crippen molar-refractivity contribution in [3.63, 3.8) is 0 Å². The lowest BCUT2D eigenvalue weighted by Gasteiger charge is -2.20. The van der Waals surface area contributed by atoms with Gasteiger partial charge in [-0.1, -0.05) is 62.3 Å². The van der Waals surface area contributed by atoms with Gasteiger partial charge in [0.15, 0.2) is 11.6 Å². The number of fused-ring (bicyclic) bond motifs is 1. The smallest absolute Gasteiger partial charge is 0.311 e. The number of nitrogens with zero attached hydrogens (tertiary/aromatic N) is 1. The van der Waals surface area contributed by atoms with Crippen LogP contribution in [0.25, 0.3) is 10.9 Å². The Morgan fingerprint density at radius 1 is 1.23 bits per heavy atom. The zero-order valence-electron chi connectivity index (χ0n) is 17.8. The Kier molecular flexibility index (Phi) is 6.27. The molecule has 0 aliphatic rings.